The molecule has 5 nitrogen and oxygen atoms in total. The lowest BCUT2D eigenvalue weighted by atomic mass is 10.1. The molecule has 140 valence electrons. The van der Waals surface area contributed by atoms with Crippen molar-refractivity contribution in [2.24, 2.45) is 0 Å². The van der Waals surface area contributed by atoms with E-state index in [1.807, 2.05) is 0 Å². The molecule has 1 saturated heterocycles. The summed E-state index contributed by atoms with van der Waals surface area (Å²) >= 11 is 6.09. The molecule has 0 atom stereocenters. The van der Waals surface area contributed by atoms with Crippen molar-refractivity contribution in [3.8, 4) is 5.75 Å². The molecule has 2 aromatic carbocycles. The zero-order valence-electron chi connectivity index (χ0n) is 15.2. The number of hydrogen-bond acceptors (Lipinski definition) is 4. The first-order chi connectivity index (χ1) is 12.3. The maximum absolute atomic E-state index is 12.9. The fourth-order valence-electron chi connectivity index (χ4n) is 3.29. The normalized spacial score (nSPS) is 15.9. The molecule has 0 spiro atoms. The predicted molar refractivity (Wildman–Crippen MR) is 105 cm³/mol. The Morgan fingerprint density at radius 3 is 2.27 bits per heavy atom. The van der Waals surface area contributed by atoms with E-state index >= 15 is 0 Å². The van der Waals surface area contributed by atoms with Gasteiger partial charge in [0.1, 0.15) is 5.75 Å². The summed E-state index contributed by atoms with van der Waals surface area (Å²) in [6, 6.07) is 10.9. The number of rotatable bonds is 4. The number of benzene rings is 2. The van der Waals surface area contributed by atoms with Crippen LogP contribution in [0.4, 0.5) is 5.69 Å². The number of hydrogen-bond donors (Lipinski definition) is 0. The van der Waals surface area contributed by atoms with Crippen LogP contribution in [0.15, 0.2) is 41.3 Å². The van der Waals surface area contributed by atoms with Gasteiger partial charge in [0.05, 0.1) is 17.0 Å². The van der Waals surface area contributed by atoms with Gasteiger partial charge in [0.15, 0.2) is 0 Å². The Labute approximate surface area is 160 Å². The molecule has 0 aromatic heterocycles. The van der Waals surface area contributed by atoms with Crippen LogP contribution in [0.1, 0.15) is 11.1 Å². The van der Waals surface area contributed by atoms with Crippen LogP contribution >= 0.6 is 11.6 Å². The van der Waals surface area contributed by atoms with Crippen molar-refractivity contribution in [1.29, 1.82) is 0 Å². The van der Waals surface area contributed by atoms with Crippen LogP contribution in [0.3, 0.4) is 0 Å². The molecule has 0 N–H and O–H groups in total. The first-order valence-corrected chi connectivity index (χ1v) is 10.3. The average molecular weight is 395 g/mol. The third-order valence-electron chi connectivity index (χ3n) is 4.69. The van der Waals surface area contributed by atoms with Crippen LogP contribution in [0.5, 0.6) is 5.75 Å². The summed E-state index contributed by atoms with van der Waals surface area (Å²) in [5, 5.41) is 0.294. The van der Waals surface area contributed by atoms with Gasteiger partial charge >= 0.3 is 0 Å². The molecule has 0 aliphatic carbocycles. The van der Waals surface area contributed by atoms with E-state index in [9.17, 15) is 8.42 Å². The van der Waals surface area contributed by atoms with Crippen molar-refractivity contribution in [3.63, 3.8) is 0 Å². The SMILES string of the molecule is COc1ccc(S(=O)(=O)N2CCN(c3ccc(C)cc3C)CC2)cc1Cl. The Morgan fingerprint density at radius 2 is 1.69 bits per heavy atom. The standard InChI is InChI=1S/C19H23ClN2O3S/c1-14-4-6-18(15(2)12-14)21-8-10-22(11-9-21)26(23,24)16-5-7-19(25-3)17(20)13-16/h4-7,12-13H,8-11H2,1-3H3. The van der Waals surface area contributed by atoms with Crippen LogP contribution in [-0.4, -0.2) is 46.0 Å². The lowest BCUT2D eigenvalue weighted by Crippen LogP contribution is -2.48. The predicted octanol–water partition coefficient (Wildman–Crippen LogP) is 3.48. The highest BCUT2D eigenvalue weighted by molar-refractivity contribution is 7.89. The van der Waals surface area contributed by atoms with Gasteiger partial charge in [-0.05, 0) is 43.7 Å². The largest absolute Gasteiger partial charge is 0.495 e. The summed E-state index contributed by atoms with van der Waals surface area (Å²) in [5.74, 6) is 0.463. The second kappa shape index (κ2) is 7.47. The maximum atomic E-state index is 12.9. The number of methoxy groups -OCH3 is 1. The van der Waals surface area contributed by atoms with Crippen LogP contribution in [0.2, 0.25) is 5.02 Å². The van der Waals surface area contributed by atoms with E-state index < -0.39 is 10.0 Å². The van der Waals surface area contributed by atoms with Gasteiger partial charge in [-0.25, -0.2) is 8.42 Å². The van der Waals surface area contributed by atoms with Crippen molar-refractivity contribution >= 4 is 27.3 Å². The van der Waals surface area contributed by atoms with E-state index in [-0.39, 0.29) is 4.90 Å². The smallest absolute Gasteiger partial charge is 0.243 e. The quantitative estimate of drug-likeness (QED) is 0.796. The first-order valence-electron chi connectivity index (χ1n) is 8.49. The van der Waals surface area contributed by atoms with E-state index in [2.05, 4.69) is 36.9 Å². The van der Waals surface area contributed by atoms with E-state index in [1.54, 1.807) is 6.07 Å². The Hall–Kier alpha value is -1.76. The summed E-state index contributed by atoms with van der Waals surface area (Å²) < 4.78 is 32.4. The van der Waals surface area contributed by atoms with Crippen molar-refractivity contribution in [2.45, 2.75) is 18.7 Å². The van der Waals surface area contributed by atoms with E-state index in [0.29, 0.717) is 37.0 Å². The highest BCUT2D eigenvalue weighted by atomic mass is 35.5. The first kappa shape index (κ1) is 19.0. The fourth-order valence-corrected chi connectivity index (χ4v) is 5.06. The summed E-state index contributed by atoms with van der Waals surface area (Å²) in [6.07, 6.45) is 0. The van der Waals surface area contributed by atoms with Gasteiger partial charge in [0, 0.05) is 31.9 Å². The minimum Gasteiger partial charge on any atom is -0.495 e. The molecule has 1 fully saturated rings. The molecule has 1 aliphatic heterocycles. The van der Waals surface area contributed by atoms with Gasteiger partial charge in [0.25, 0.3) is 0 Å². The maximum Gasteiger partial charge on any atom is 0.243 e. The lowest BCUT2D eigenvalue weighted by molar-refractivity contribution is 0.384. The molecular formula is C19H23ClN2O3S. The molecule has 0 saturated carbocycles. The number of anilines is 1. The van der Waals surface area contributed by atoms with Gasteiger partial charge in [0.2, 0.25) is 10.0 Å². The molecule has 0 unspecified atom stereocenters. The Bertz CT molecular complexity index is 907. The molecule has 7 heteroatoms. The number of sulfonamides is 1. The summed E-state index contributed by atoms with van der Waals surface area (Å²) in [6.45, 7) is 6.37. The molecule has 3 rings (SSSR count). The minimum atomic E-state index is -3.57. The van der Waals surface area contributed by atoms with Crippen molar-refractivity contribution < 1.29 is 13.2 Å². The van der Waals surface area contributed by atoms with Gasteiger partial charge < -0.3 is 9.64 Å². The number of halogens is 1. The van der Waals surface area contributed by atoms with Crippen molar-refractivity contribution in [3.05, 3.63) is 52.5 Å². The highest BCUT2D eigenvalue weighted by Gasteiger charge is 2.29. The summed E-state index contributed by atoms with van der Waals surface area (Å²) in [4.78, 5) is 2.44. The summed E-state index contributed by atoms with van der Waals surface area (Å²) in [5.41, 5.74) is 3.60. The number of nitrogens with zero attached hydrogens (tertiary/aromatic N) is 2. The molecule has 1 aliphatic rings. The fraction of sp³-hybridized carbons (Fsp3) is 0.368. The van der Waals surface area contributed by atoms with Crippen molar-refractivity contribution in [2.75, 3.05) is 38.2 Å². The number of aryl methyl sites for hydroxylation is 2. The zero-order valence-corrected chi connectivity index (χ0v) is 16.8. The molecule has 1 heterocycles. The van der Waals surface area contributed by atoms with Crippen LogP contribution in [0, 0.1) is 13.8 Å². The molecule has 2 aromatic rings. The number of ether oxygens (including phenoxy) is 1. The van der Waals surface area contributed by atoms with Crippen LogP contribution < -0.4 is 9.64 Å². The van der Waals surface area contributed by atoms with Gasteiger partial charge in [-0.3, -0.25) is 0 Å². The average Bonchev–Trinajstić information content (AvgIpc) is 2.62. The Morgan fingerprint density at radius 1 is 1.00 bits per heavy atom. The molecule has 0 radical (unpaired) electrons. The van der Waals surface area contributed by atoms with Gasteiger partial charge in [-0.1, -0.05) is 29.3 Å². The Balaban J connectivity index is 1.75. The van der Waals surface area contributed by atoms with E-state index in [0.717, 1.165) is 0 Å². The minimum absolute atomic E-state index is 0.197. The van der Waals surface area contributed by atoms with Gasteiger partial charge in [-0.2, -0.15) is 4.31 Å². The van der Waals surface area contributed by atoms with Crippen LogP contribution in [0.25, 0.3) is 0 Å². The molecule has 26 heavy (non-hydrogen) atoms. The van der Waals surface area contributed by atoms with E-state index in [4.69, 9.17) is 16.3 Å². The molecular weight excluding hydrogens is 372 g/mol. The third-order valence-corrected chi connectivity index (χ3v) is 6.88. The lowest BCUT2D eigenvalue weighted by Gasteiger charge is -2.36. The topological polar surface area (TPSA) is 49.9 Å². The molecule has 0 amide bonds. The second-order valence-corrected chi connectivity index (χ2v) is 8.82. The summed E-state index contributed by atoms with van der Waals surface area (Å²) in [7, 11) is -2.06. The monoisotopic (exact) mass is 394 g/mol. The van der Waals surface area contributed by atoms with Crippen LogP contribution in [-0.2, 0) is 10.0 Å². The zero-order chi connectivity index (χ0) is 18.9. The Kier molecular flexibility index (Phi) is 5.46. The van der Waals surface area contributed by atoms with Gasteiger partial charge in [-0.15, -0.1) is 0 Å². The second-order valence-electron chi connectivity index (χ2n) is 6.48. The molecule has 0 bridgehead atoms. The number of piperazine rings is 1. The van der Waals surface area contributed by atoms with E-state index in [1.165, 1.54) is 40.4 Å². The highest BCUT2D eigenvalue weighted by Crippen LogP contribution is 2.29. The third kappa shape index (κ3) is 3.68. The van der Waals surface area contributed by atoms with Crippen molar-refractivity contribution in [1.82, 2.24) is 4.31 Å².